The van der Waals surface area contributed by atoms with Gasteiger partial charge in [0.1, 0.15) is 11.9 Å². The largest absolute Gasteiger partial charge is 0.464 e. The van der Waals surface area contributed by atoms with Crippen molar-refractivity contribution in [3.05, 3.63) is 44.9 Å². The van der Waals surface area contributed by atoms with Crippen LogP contribution in [0.5, 0.6) is 0 Å². The Hall–Kier alpha value is -2.04. The number of nitrogens with zero attached hydrogens (tertiary/aromatic N) is 2. The average molecular weight is 373 g/mol. The fraction of sp³-hybridized carbons (Fsp3) is 0.0769. The number of benzene rings is 1. The van der Waals surface area contributed by atoms with Gasteiger partial charge in [-0.25, -0.2) is 9.18 Å². The Balaban J connectivity index is 2.78. The zero-order valence-corrected chi connectivity index (χ0v) is 13.0. The van der Waals surface area contributed by atoms with Crippen LogP contribution in [0.2, 0.25) is 5.02 Å². The van der Waals surface area contributed by atoms with Gasteiger partial charge in [-0.1, -0.05) is 11.6 Å². The zero-order chi connectivity index (χ0) is 15.7. The second kappa shape index (κ2) is 5.76. The van der Waals surface area contributed by atoms with Crippen LogP contribution in [0, 0.1) is 17.1 Å². The molecule has 0 spiro atoms. The molecule has 2 N–H and O–H groups in total. The molecular formula is C13H8BrClFN3O2. The number of rotatable bonds is 2. The van der Waals surface area contributed by atoms with E-state index in [0.717, 1.165) is 6.07 Å². The Morgan fingerprint density at radius 3 is 2.81 bits per heavy atom. The number of carbonyl (C=O) groups is 1. The third-order valence-electron chi connectivity index (χ3n) is 2.79. The number of nitrogen functional groups attached to an aromatic ring is 1. The molecule has 1 aromatic heterocycles. The molecule has 0 fully saturated rings. The minimum Gasteiger partial charge on any atom is -0.464 e. The lowest BCUT2D eigenvalue weighted by atomic mass is 10.2. The highest BCUT2D eigenvalue weighted by Gasteiger charge is 2.23. The predicted octanol–water partition coefficient (Wildman–Crippen LogP) is 3.27. The van der Waals surface area contributed by atoms with Gasteiger partial charge in [0.2, 0.25) is 0 Å². The van der Waals surface area contributed by atoms with Gasteiger partial charge in [-0.3, -0.25) is 0 Å². The van der Waals surface area contributed by atoms with E-state index in [0.29, 0.717) is 0 Å². The van der Waals surface area contributed by atoms with Gasteiger partial charge in [-0.15, -0.1) is 0 Å². The summed E-state index contributed by atoms with van der Waals surface area (Å²) in [5.74, 6) is -1.33. The Bertz CT molecular complexity index is 783. The molecule has 2 rings (SSSR count). The molecule has 1 aromatic carbocycles. The van der Waals surface area contributed by atoms with Gasteiger partial charge in [-0.05, 0) is 22.0 Å². The lowest BCUT2D eigenvalue weighted by molar-refractivity contribution is 0.0593. The molecule has 5 nitrogen and oxygen atoms in total. The van der Waals surface area contributed by atoms with E-state index >= 15 is 0 Å². The van der Waals surface area contributed by atoms with Gasteiger partial charge in [0.25, 0.3) is 0 Å². The lowest BCUT2D eigenvalue weighted by Crippen LogP contribution is -2.11. The second-order valence-corrected chi connectivity index (χ2v) is 5.26. The number of nitriles is 1. The van der Waals surface area contributed by atoms with Gasteiger partial charge < -0.3 is 15.0 Å². The number of nitrogens with two attached hydrogens (primary N) is 1. The summed E-state index contributed by atoms with van der Waals surface area (Å²) in [5.41, 5.74) is 5.86. The number of hydrogen-bond donors (Lipinski definition) is 1. The minimum absolute atomic E-state index is 0.0521. The van der Waals surface area contributed by atoms with Crippen LogP contribution in [0.25, 0.3) is 5.69 Å². The molecule has 0 amide bonds. The van der Waals surface area contributed by atoms with Crippen molar-refractivity contribution in [3.63, 3.8) is 0 Å². The van der Waals surface area contributed by atoms with E-state index in [9.17, 15) is 9.18 Å². The molecule has 21 heavy (non-hydrogen) atoms. The number of esters is 1. The number of methoxy groups -OCH3 is 1. The highest BCUT2D eigenvalue weighted by molar-refractivity contribution is 9.10. The summed E-state index contributed by atoms with van der Waals surface area (Å²) in [6.45, 7) is 0. The molecule has 2 aromatic rings. The first-order valence-corrected chi connectivity index (χ1v) is 6.72. The van der Waals surface area contributed by atoms with Crippen LogP contribution < -0.4 is 5.73 Å². The molecule has 1 heterocycles. The first-order chi connectivity index (χ1) is 9.90. The molecule has 0 aliphatic heterocycles. The molecule has 0 saturated heterocycles. The summed E-state index contributed by atoms with van der Waals surface area (Å²) in [6, 6.07) is 4.32. The highest BCUT2D eigenvalue weighted by atomic mass is 79.9. The van der Waals surface area contributed by atoms with E-state index in [1.165, 1.54) is 23.9 Å². The third-order valence-corrected chi connectivity index (χ3v) is 3.70. The van der Waals surface area contributed by atoms with Crippen molar-refractivity contribution < 1.29 is 13.9 Å². The Morgan fingerprint density at radius 2 is 2.24 bits per heavy atom. The summed E-state index contributed by atoms with van der Waals surface area (Å²) in [4.78, 5) is 11.8. The van der Waals surface area contributed by atoms with Crippen molar-refractivity contribution in [3.8, 4) is 11.8 Å². The summed E-state index contributed by atoms with van der Waals surface area (Å²) >= 11 is 9.08. The number of anilines is 1. The number of hydrogen-bond acceptors (Lipinski definition) is 4. The van der Waals surface area contributed by atoms with E-state index in [4.69, 9.17) is 22.6 Å². The molecular weight excluding hydrogens is 365 g/mol. The fourth-order valence-electron chi connectivity index (χ4n) is 1.80. The molecule has 0 saturated carbocycles. The Morgan fingerprint density at radius 1 is 1.57 bits per heavy atom. The van der Waals surface area contributed by atoms with E-state index in [2.05, 4.69) is 20.7 Å². The van der Waals surface area contributed by atoms with Crippen LogP contribution in [0.3, 0.4) is 0 Å². The molecule has 0 atom stereocenters. The molecule has 0 aliphatic rings. The van der Waals surface area contributed by atoms with Crippen LogP contribution in [0.15, 0.2) is 22.8 Å². The Labute approximate surface area is 132 Å². The van der Waals surface area contributed by atoms with Crippen molar-refractivity contribution in [2.45, 2.75) is 0 Å². The van der Waals surface area contributed by atoms with Gasteiger partial charge in [0.05, 0.1) is 33.5 Å². The summed E-state index contributed by atoms with van der Waals surface area (Å²) < 4.78 is 19.8. The number of aromatic nitrogens is 1. The monoisotopic (exact) mass is 371 g/mol. The molecule has 108 valence electrons. The molecule has 0 aliphatic carbocycles. The van der Waals surface area contributed by atoms with Gasteiger partial charge in [0, 0.05) is 12.3 Å². The third kappa shape index (κ3) is 2.60. The number of halogens is 3. The molecule has 8 heteroatoms. The standard InChI is InChI=1S/C13H8BrClFN3O2/c1-21-13(20)12-11(18)6(4-17)5-19(12)10-3-9(16)7(14)2-8(10)15/h2-3,5H,18H2,1H3. The Kier molecular flexibility index (Phi) is 4.21. The van der Waals surface area contributed by atoms with Crippen LogP contribution in [-0.4, -0.2) is 17.6 Å². The van der Waals surface area contributed by atoms with E-state index in [-0.39, 0.29) is 32.1 Å². The summed E-state index contributed by atoms with van der Waals surface area (Å²) in [7, 11) is 1.18. The number of ether oxygens (including phenoxy) is 1. The van der Waals surface area contributed by atoms with Gasteiger partial charge >= 0.3 is 5.97 Å². The van der Waals surface area contributed by atoms with Crippen molar-refractivity contribution in [2.75, 3.05) is 12.8 Å². The SMILES string of the molecule is COC(=O)c1c(N)c(C#N)cn1-c1cc(F)c(Br)cc1Cl. The molecule has 0 radical (unpaired) electrons. The summed E-state index contributed by atoms with van der Waals surface area (Å²) in [6.07, 6.45) is 1.30. The van der Waals surface area contributed by atoms with E-state index in [1.54, 1.807) is 0 Å². The topological polar surface area (TPSA) is 81.0 Å². The average Bonchev–Trinajstić information content (AvgIpc) is 2.78. The van der Waals surface area contributed by atoms with Crippen LogP contribution in [0.1, 0.15) is 16.1 Å². The second-order valence-electron chi connectivity index (χ2n) is 4.00. The molecule has 0 unspecified atom stereocenters. The van der Waals surface area contributed by atoms with Gasteiger partial charge in [0.15, 0.2) is 5.69 Å². The summed E-state index contributed by atoms with van der Waals surface area (Å²) in [5, 5.41) is 9.19. The van der Waals surface area contributed by atoms with Crippen molar-refractivity contribution in [2.24, 2.45) is 0 Å². The minimum atomic E-state index is -0.756. The highest BCUT2D eigenvalue weighted by Crippen LogP contribution is 2.31. The predicted molar refractivity (Wildman–Crippen MR) is 78.9 cm³/mol. The maximum absolute atomic E-state index is 13.7. The van der Waals surface area contributed by atoms with E-state index < -0.39 is 11.8 Å². The first kappa shape index (κ1) is 15.4. The van der Waals surface area contributed by atoms with Crippen LogP contribution in [-0.2, 0) is 4.74 Å². The van der Waals surface area contributed by atoms with Crippen LogP contribution >= 0.6 is 27.5 Å². The lowest BCUT2D eigenvalue weighted by Gasteiger charge is -2.11. The van der Waals surface area contributed by atoms with Crippen molar-refractivity contribution >= 4 is 39.2 Å². The van der Waals surface area contributed by atoms with Crippen molar-refractivity contribution in [1.82, 2.24) is 4.57 Å². The van der Waals surface area contributed by atoms with Crippen LogP contribution in [0.4, 0.5) is 10.1 Å². The van der Waals surface area contributed by atoms with Gasteiger partial charge in [-0.2, -0.15) is 5.26 Å². The van der Waals surface area contributed by atoms with E-state index in [1.807, 2.05) is 6.07 Å². The fourth-order valence-corrected chi connectivity index (χ4v) is 2.53. The maximum Gasteiger partial charge on any atom is 0.357 e. The number of carbonyl (C=O) groups excluding carboxylic acids is 1. The van der Waals surface area contributed by atoms with Crippen molar-refractivity contribution in [1.29, 1.82) is 5.26 Å². The molecule has 0 bridgehead atoms. The first-order valence-electron chi connectivity index (χ1n) is 5.54. The normalized spacial score (nSPS) is 10.2. The zero-order valence-electron chi connectivity index (χ0n) is 10.7. The smallest absolute Gasteiger partial charge is 0.357 e. The maximum atomic E-state index is 13.7. The quantitative estimate of drug-likeness (QED) is 0.648.